The molecule has 0 atom stereocenters. The van der Waals surface area contributed by atoms with Gasteiger partial charge in [0.05, 0.1) is 12.6 Å². The Morgan fingerprint density at radius 1 is 0.861 bits per heavy atom. The number of methoxy groups -OCH3 is 1. The fourth-order valence-electron chi connectivity index (χ4n) is 4.56. The number of carboxylic acid groups (broad SMARTS) is 1. The summed E-state index contributed by atoms with van der Waals surface area (Å²) in [5, 5.41) is 10.2. The smallest absolute Gasteiger partial charge is 0.354 e. The lowest BCUT2D eigenvalue weighted by Crippen LogP contribution is -2.04. The lowest BCUT2D eigenvalue weighted by Gasteiger charge is -2.13. The number of aromatic carboxylic acids is 1. The number of pyridine rings is 1. The number of hydrogen-bond acceptors (Lipinski definition) is 4. The Bertz CT molecular complexity index is 1110. The van der Waals surface area contributed by atoms with Gasteiger partial charge < -0.3 is 14.6 Å². The summed E-state index contributed by atoms with van der Waals surface area (Å²) in [4.78, 5) is 15.9. The number of benzene rings is 2. The summed E-state index contributed by atoms with van der Waals surface area (Å²) in [7, 11) is 1.61. The van der Waals surface area contributed by atoms with E-state index in [0.717, 1.165) is 22.9 Å². The molecule has 0 fully saturated rings. The minimum atomic E-state index is -1.08. The van der Waals surface area contributed by atoms with E-state index in [1.165, 1.54) is 75.8 Å². The Labute approximate surface area is 215 Å². The van der Waals surface area contributed by atoms with Crippen LogP contribution in [-0.4, -0.2) is 23.2 Å². The van der Waals surface area contributed by atoms with E-state index in [1.807, 2.05) is 19.1 Å². The van der Waals surface area contributed by atoms with Gasteiger partial charge in [-0.15, -0.1) is 0 Å². The molecular weight excluding hydrogens is 450 g/mol. The topological polar surface area (TPSA) is 68.7 Å². The number of ether oxygens (including phenoxy) is 2. The van der Waals surface area contributed by atoms with E-state index in [4.69, 9.17) is 9.47 Å². The van der Waals surface area contributed by atoms with Crippen molar-refractivity contribution < 1.29 is 19.4 Å². The molecular formula is C31H41NO4. The van der Waals surface area contributed by atoms with Crippen molar-refractivity contribution in [2.45, 2.75) is 91.1 Å². The molecule has 5 heteroatoms. The number of aromatic nitrogens is 1. The number of aryl methyl sites for hydroxylation is 2. The second-order valence-electron chi connectivity index (χ2n) is 9.69. The molecule has 0 saturated carbocycles. The van der Waals surface area contributed by atoms with Crippen LogP contribution < -0.4 is 9.47 Å². The Kier molecular flexibility index (Phi) is 11.1. The van der Waals surface area contributed by atoms with E-state index in [0.29, 0.717) is 23.6 Å². The third-order valence-electron chi connectivity index (χ3n) is 6.73. The molecule has 2 aromatic carbocycles. The maximum Gasteiger partial charge on any atom is 0.354 e. The first-order chi connectivity index (χ1) is 17.5. The van der Waals surface area contributed by atoms with Crippen LogP contribution in [0.5, 0.6) is 11.5 Å². The summed E-state index contributed by atoms with van der Waals surface area (Å²) in [6.07, 6.45) is 14.6. The normalized spacial score (nSPS) is 11.1. The summed E-state index contributed by atoms with van der Waals surface area (Å²) in [6.45, 7) is 4.51. The molecule has 0 aliphatic carbocycles. The van der Waals surface area contributed by atoms with Crippen LogP contribution in [0.4, 0.5) is 0 Å². The van der Waals surface area contributed by atoms with Gasteiger partial charge >= 0.3 is 5.97 Å². The highest BCUT2D eigenvalue weighted by atomic mass is 16.5. The van der Waals surface area contributed by atoms with Gasteiger partial charge in [-0.25, -0.2) is 9.78 Å². The fraction of sp³-hybridized carbons (Fsp3) is 0.484. The number of carboxylic acids is 1. The van der Waals surface area contributed by atoms with Crippen molar-refractivity contribution in [3.8, 4) is 11.5 Å². The first-order valence-electron chi connectivity index (χ1n) is 13.4. The van der Waals surface area contributed by atoms with Crippen LogP contribution in [0.1, 0.15) is 98.3 Å². The highest BCUT2D eigenvalue weighted by molar-refractivity contribution is 5.95. The SMILES string of the molecule is CCCCCCCCCCCCc1ccc(COc2cc(C(=O)O)nc3c(C)cc(OC)cc23)cc1. The van der Waals surface area contributed by atoms with Gasteiger partial charge in [0.15, 0.2) is 5.69 Å². The van der Waals surface area contributed by atoms with E-state index >= 15 is 0 Å². The molecule has 0 spiro atoms. The number of rotatable bonds is 16. The van der Waals surface area contributed by atoms with Crippen molar-refractivity contribution in [2.24, 2.45) is 0 Å². The number of carbonyl (C=O) groups is 1. The zero-order valence-corrected chi connectivity index (χ0v) is 22.1. The average molecular weight is 492 g/mol. The van der Waals surface area contributed by atoms with Crippen molar-refractivity contribution in [2.75, 3.05) is 7.11 Å². The van der Waals surface area contributed by atoms with E-state index in [-0.39, 0.29) is 5.69 Å². The molecule has 1 heterocycles. The summed E-state index contributed by atoms with van der Waals surface area (Å²) < 4.78 is 11.5. The second kappa shape index (κ2) is 14.5. The van der Waals surface area contributed by atoms with Crippen molar-refractivity contribution in [1.29, 1.82) is 0 Å². The Hall–Kier alpha value is -3.08. The molecule has 0 unspecified atom stereocenters. The number of nitrogens with zero attached hydrogens (tertiary/aromatic N) is 1. The van der Waals surface area contributed by atoms with Crippen LogP contribution in [0.15, 0.2) is 42.5 Å². The third kappa shape index (κ3) is 8.25. The average Bonchev–Trinajstić information content (AvgIpc) is 2.89. The van der Waals surface area contributed by atoms with Gasteiger partial charge in [-0.3, -0.25) is 0 Å². The van der Waals surface area contributed by atoms with Gasteiger partial charge in [0, 0.05) is 11.5 Å². The van der Waals surface area contributed by atoms with Crippen molar-refractivity contribution in [1.82, 2.24) is 4.98 Å². The fourth-order valence-corrected chi connectivity index (χ4v) is 4.56. The minimum Gasteiger partial charge on any atom is -0.497 e. The quantitative estimate of drug-likeness (QED) is 0.204. The number of hydrogen-bond donors (Lipinski definition) is 1. The molecule has 36 heavy (non-hydrogen) atoms. The first-order valence-corrected chi connectivity index (χ1v) is 13.4. The molecule has 5 nitrogen and oxygen atoms in total. The van der Waals surface area contributed by atoms with Crippen LogP contribution >= 0.6 is 0 Å². The predicted molar refractivity (Wildman–Crippen MR) is 146 cm³/mol. The molecule has 1 aromatic heterocycles. The Morgan fingerprint density at radius 2 is 1.47 bits per heavy atom. The van der Waals surface area contributed by atoms with Gasteiger partial charge in [0.1, 0.15) is 18.1 Å². The minimum absolute atomic E-state index is 0.0300. The molecule has 1 N–H and O–H groups in total. The van der Waals surface area contributed by atoms with Gasteiger partial charge in [-0.1, -0.05) is 89.0 Å². The van der Waals surface area contributed by atoms with E-state index in [2.05, 4.69) is 36.2 Å². The Balaban J connectivity index is 1.50. The van der Waals surface area contributed by atoms with E-state index in [1.54, 1.807) is 7.11 Å². The van der Waals surface area contributed by atoms with Crippen LogP contribution in [0, 0.1) is 6.92 Å². The zero-order valence-electron chi connectivity index (χ0n) is 22.1. The lowest BCUT2D eigenvalue weighted by atomic mass is 10.0. The van der Waals surface area contributed by atoms with Crippen LogP contribution in [0.25, 0.3) is 10.9 Å². The molecule has 0 radical (unpaired) electrons. The van der Waals surface area contributed by atoms with Gasteiger partial charge in [0.2, 0.25) is 0 Å². The first kappa shape index (κ1) is 27.5. The Morgan fingerprint density at radius 3 is 2.08 bits per heavy atom. The van der Waals surface area contributed by atoms with Crippen molar-refractivity contribution in [3.63, 3.8) is 0 Å². The molecule has 3 rings (SSSR count). The summed E-state index contributed by atoms with van der Waals surface area (Å²) in [5.74, 6) is 0.105. The molecule has 0 aliphatic heterocycles. The highest BCUT2D eigenvalue weighted by Crippen LogP contribution is 2.32. The van der Waals surface area contributed by atoms with Crippen LogP contribution in [-0.2, 0) is 13.0 Å². The number of fused-ring (bicyclic) bond motifs is 1. The van der Waals surface area contributed by atoms with Gasteiger partial charge in [-0.05, 0) is 48.6 Å². The standard InChI is InChI=1S/C31H41NO4/c1-4-5-6-7-8-9-10-11-12-13-14-24-15-17-25(18-16-24)22-36-29-21-28(31(33)34)32-30-23(2)19-26(35-3)20-27(29)30/h15-21H,4-14,22H2,1-3H3,(H,33,34). The molecule has 3 aromatic rings. The lowest BCUT2D eigenvalue weighted by molar-refractivity contribution is 0.0690. The molecule has 0 amide bonds. The maximum atomic E-state index is 11.6. The molecule has 0 bridgehead atoms. The monoisotopic (exact) mass is 491 g/mol. The second-order valence-corrected chi connectivity index (χ2v) is 9.69. The molecule has 0 saturated heterocycles. The van der Waals surface area contributed by atoms with Gasteiger partial charge in [-0.2, -0.15) is 0 Å². The summed E-state index contributed by atoms with van der Waals surface area (Å²) in [6, 6.07) is 13.7. The summed E-state index contributed by atoms with van der Waals surface area (Å²) >= 11 is 0. The van der Waals surface area contributed by atoms with Crippen molar-refractivity contribution >= 4 is 16.9 Å². The van der Waals surface area contributed by atoms with E-state index in [9.17, 15) is 9.90 Å². The summed E-state index contributed by atoms with van der Waals surface area (Å²) in [5.41, 5.74) is 3.81. The van der Waals surface area contributed by atoms with Crippen LogP contribution in [0.3, 0.4) is 0 Å². The van der Waals surface area contributed by atoms with Crippen LogP contribution in [0.2, 0.25) is 0 Å². The largest absolute Gasteiger partial charge is 0.497 e. The van der Waals surface area contributed by atoms with Crippen molar-refractivity contribution in [3.05, 3.63) is 64.8 Å². The van der Waals surface area contributed by atoms with Gasteiger partial charge in [0.25, 0.3) is 0 Å². The molecule has 0 aliphatic rings. The molecule has 194 valence electrons. The number of unbranched alkanes of at least 4 members (excludes halogenated alkanes) is 9. The zero-order chi connectivity index (χ0) is 25.8. The predicted octanol–water partition coefficient (Wildman–Crippen LogP) is 8.29. The highest BCUT2D eigenvalue weighted by Gasteiger charge is 2.15. The maximum absolute atomic E-state index is 11.6. The van der Waals surface area contributed by atoms with E-state index < -0.39 is 5.97 Å². The third-order valence-corrected chi connectivity index (χ3v) is 6.73.